The molecule has 0 radical (unpaired) electrons. The molecule has 1 atom stereocenters. The Hall–Kier alpha value is -1.11. The molecule has 1 saturated carbocycles. The SMILES string of the molecule is O=C1CC(CCN2CCC(Cc3cc(Cl)ccc3Br)CC2)NC(=O)N1C1CCCCC1. The van der Waals surface area contributed by atoms with Crippen LogP contribution in [0.1, 0.15) is 63.4 Å². The summed E-state index contributed by atoms with van der Waals surface area (Å²) in [6.07, 6.45) is 10.1. The largest absolute Gasteiger partial charge is 0.334 e. The molecule has 7 heteroatoms. The highest BCUT2D eigenvalue weighted by Gasteiger charge is 2.37. The molecular weight excluding hydrogens is 478 g/mol. The van der Waals surface area contributed by atoms with Crippen molar-refractivity contribution in [3.8, 4) is 0 Å². The van der Waals surface area contributed by atoms with E-state index >= 15 is 0 Å². The van der Waals surface area contributed by atoms with E-state index in [1.807, 2.05) is 12.1 Å². The Morgan fingerprint density at radius 3 is 2.52 bits per heavy atom. The molecule has 2 aliphatic heterocycles. The number of nitrogens with one attached hydrogen (secondary N) is 1. The van der Waals surface area contributed by atoms with E-state index < -0.39 is 0 Å². The van der Waals surface area contributed by atoms with Gasteiger partial charge in [0.2, 0.25) is 5.91 Å². The van der Waals surface area contributed by atoms with Crippen LogP contribution >= 0.6 is 27.5 Å². The van der Waals surface area contributed by atoms with Crippen LogP contribution in [0.15, 0.2) is 22.7 Å². The molecule has 2 saturated heterocycles. The Labute approximate surface area is 199 Å². The van der Waals surface area contributed by atoms with E-state index in [2.05, 4.69) is 32.2 Å². The lowest BCUT2D eigenvalue weighted by Crippen LogP contribution is -2.58. The number of likely N-dealkylation sites (tertiary alicyclic amines) is 1. The number of carbonyl (C=O) groups excluding carboxylic acids is 2. The second-order valence-electron chi connectivity index (χ2n) is 9.42. The topological polar surface area (TPSA) is 52.7 Å². The highest BCUT2D eigenvalue weighted by molar-refractivity contribution is 9.10. The van der Waals surface area contributed by atoms with Gasteiger partial charge in [-0.2, -0.15) is 0 Å². The second kappa shape index (κ2) is 10.7. The second-order valence-corrected chi connectivity index (χ2v) is 10.7. The minimum atomic E-state index is -0.168. The summed E-state index contributed by atoms with van der Waals surface area (Å²) in [6, 6.07) is 5.93. The number of halogens is 2. The molecule has 170 valence electrons. The number of hydrogen-bond acceptors (Lipinski definition) is 3. The fraction of sp³-hybridized carbons (Fsp3) is 0.667. The lowest BCUT2D eigenvalue weighted by atomic mass is 9.90. The Morgan fingerprint density at radius 2 is 1.81 bits per heavy atom. The van der Waals surface area contributed by atoms with Crippen molar-refractivity contribution in [3.63, 3.8) is 0 Å². The summed E-state index contributed by atoms with van der Waals surface area (Å²) in [4.78, 5) is 29.3. The molecule has 31 heavy (non-hydrogen) atoms. The lowest BCUT2D eigenvalue weighted by Gasteiger charge is -2.39. The average Bonchev–Trinajstić information content (AvgIpc) is 2.76. The van der Waals surface area contributed by atoms with E-state index in [1.54, 1.807) is 0 Å². The Balaban J connectivity index is 1.20. The normalized spacial score (nSPS) is 24.5. The third-order valence-corrected chi connectivity index (χ3v) is 8.20. The molecule has 1 aromatic rings. The summed E-state index contributed by atoms with van der Waals surface area (Å²) in [5.74, 6) is 0.692. The van der Waals surface area contributed by atoms with Gasteiger partial charge in [0.25, 0.3) is 0 Å². The van der Waals surface area contributed by atoms with Crippen LogP contribution in [0.25, 0.3) is 0 Å². The Bertz CT molecular complexity index is 773. The van der Waals surface area contributed by atoms with E-state index in [4.69, 9.17) is 11.6 Å². The highest BCUT2D eigenvalue weighted by atomic mass is 79.9. The molecule has 3 amide bonds. The van der Waals surface area contributed by atoms with Crippen LogP contribution in [0, 0.1) is 5.92 Å². The molecule has 0 spiro atoms. The van der Waals surface area contributed by atoms with Crippen molar-refractivity contribution in [2.75, 3.05) is 19.6 Å². The molecule has 1 unspecified atom stereocenters. The van der Waals surface area contributed by atoms with E-state index in [1.165, 1.54) is 29.7 Å². The number of nitrogens with zero attached hydrogens (tertiary/aromatic N) is 2. The number of imide groups is 1. The van der Waals surface area contributed by atoms with Crippen molar-refractivity contribution in [2.45, 2.75) is 76.3 Å². The average molecular weight is 511 g/mol. The maximum Gasteiger partial charge on any atom is 0.324 e. The number of rotatable bonds is 6. The molecule has 0 aromatic heterocycles. The predicted molar refractivity (Wildman–Crippen MR) is 127 cm³/mol. The fourth-order valence-electron chi connectivity index (χ4n) is 5.36. The van der Waals surface area contributed by atoms with E-state index in [-0.39, 0.29) is 24.0 Å². The first-order chi connectivity index (χ1) is 15.0. The van der Waals surface area contributed by atoms with E-state index in [0.717, 1.165) is 67.7 Å². The first-order valence-corrected chi connectivity index (χ1v) is 13.0. The molecular formula is C24H33BrClN3O2. The quantitative estimate of drug-likeness (QED) is 0.558. The number of urea groups is 1. The van der Waals surface area contributed by atoms with Gasteiger partial charge in [-0.05, 0) is 81.3 Å². The monoisotopic (exact) mass is 509 g/mol. The van der Waals surface area contributed by atoms with Crippen molar-refractivity contribution in [1.82, 2.24) is 15.1 Å². The number of carbonyl (C=O) groups is 2. The van der Waals surface area contributed by atoms with Gasteiger partial charge in [0.15, 0.2) is 0 Å². The Kier molecular flexibility index (Phi) is 7.94. The fourth-order valence-corrected chi connectivity index (χ4v) is 5.97. The summed E-state index contributed by atoms with van der Waals surface area (Å²) in [5.41, 5.74) is 1.29. The first kappa shape index (κ1) is 23.1. The van der Waals surface area contributed by atoms with Crippen molar-refractivity contribution in [2.24, 2.45) is 5.92 Å². The van der Waals surface area contributed by atoms with Gasteiger partial charge in [-0.3, -0.25) is 9.69 Å². The van der Waals surface area contributed by atoms with Crippen molar-refractivity contribution < 1.29 is 9.59 Å². The third kappa shape index (κ3) is 6.02. The minimum absolute atomic E-state index is 0.0199. The number of hydrogen-bond donors (Lipinski definition) is 1. The molecule has 1 aromatic carbocycles. The molecule has 3 aliphatic rings. The first-order valence-electron chi connectivity index (χ1n) is 11.8. The van der Waals surface area contributed by atoms with Crippen LogP contribution in [0.5, 0.6) is 0 Å². The van der Waals surface area contributed by atoms with Gasteiger partial charge < -0.3 is 10.2 Å². The minimum Gasteiger partial charge on any atom is -0.334 e. The van der Waals surface area contributed by atoms with Gasteiger partial charge in [-0.25, -0.2) is 4.79 Å². The summed E-state index contributed by atoms with van der Waals surface area (Å²) >= 11 is 9.80. The van der Waals surface area contributed by atoms with Crippen molar-refractivity contribution >= 4 is 39.5 Å². The van der Waals surface area contributed by atoms with Gasteiger partial charge in [-0.15, -0.1) is 0 Å². The molecule has 0 bridgehead atoms. The van der Waals surface area contributed by atoms with Gasteiger partial charge in [0, 0.05) is 34.5 Å². The summed E-state index contributed by atoms with van der Waals surface area (Å²) < 4.78 is 1.14. The number of benzene rings is 1. The van der Waals surface area contributed by atoms with Crippen LogP contribution in [-0.4, -0.2) is 53.5 Å². The van der Waals surface area contributed by atoms with Crippen LogP contribution in [0.4, 0.5) is 4.79 Å². The van der Waals surface area contributed by atoms with Gasteiger partial charge >= 0.3 is 6.03 Å². The standard InChI is InChI=1S/C24H33BrClN3O2/c25-22-7-6-19(26)15-18(22)14-17-8-11-28(12-9-17)13-10-20-16-23(30)29(24(31)27-20)21-4-2-1-3-5-21/h6-7,15,17,20-21H,1-5,8-14,16H2,(H,27,31). The van der Waals surface area contributed by atoms with Gasteiger partial charge in [-0.1, -0.05) is 46.8 Å². The van der Waals surface area contributed by atoms with Crippen LogP contribution < -0.4 is 5.32 Å². The van der Waals surface area contributed by atoms with Crippen molar-refractivity contribution in [3.05, 3.63) is 33.3 Å². The van der Waals surface area contributed by atoms with Gasteiger partial charge in [0.05, 0.1) is 0 Å². The van der Waals surface area contributed by atoms with E-state index in [9.17, 15) is 9.59 Å². The predicted octanol–water partition coefficient (Wildman–Crippen LogP) is 5.39. The molecule has 1 aliphatic carbocycles. The molecule has 2 heterocycles. The smallest absolute Gasteiger partial charge is 0.324 e. The summed E-state index contributed by atoms with van der Waals surface area (Å²) in [6.45, 7) is 3.09. The van der Waals surface area contributed by atoms with E-state index in [0.29, 0.717) is 12.3 Å². The third-order valence-electron chi connectivity index (χ3n) is 7.19. The van der Waals surface area contributed by atoms with Gasteiger partial charge in [0.1, 0.15) is 0 Å². The maximum atomic E-state index is 12.7. The summed E-state index contributed by atoms with van der Waals surface area (Å²) in [7, 11) is 0. The Morgan fingerprint density at radius 1 is 1.06 bits per heavy atom. The molecule has 4 rings (SSSR count). The molecule has 3 fully saturated rings. The van der Waals surface area contributed by atoms with Crippen LogP contribution in [-0.2, 0) is 11.2 Å². The zero-order valence-electron chi connectivity index (χ0n) is 18.1. The van der Waals surface area contributed by atoms with Crippen LogP contribution in [0.3, 0.4) is 0 Å². The number of piperidine rings is 1. The molecule has 5 nitrogen and oxygen atoms in total. The van der Waals surface area contributed by atoms with Crippen molar-refractivity contribution in [1.29, 1.82) is 0 Å². The zero-order chi connectivity index (χ0) is 21.8. The zero-order valence-corrected chi connectivity index (χ0v) is 20.5. The van der Waals surface area contributed by atoms with Crippen LogP contribution in [0.2, 0.25) is 5.02 Å². The summed E-state index contributed by atoms with van der Waals surface area (Å²) in [5, 5.41) is 3.90. The lowest BCUT2D eigenvalue weighted by molar-refractivity contribution is -0.132. The highest BCUT2D eigenvalue weighted by Crippen LogP contribution is 2.29. The maximum absolute atomic E-state index is 12.7. The number of amides is 3. The molecule has 1 N–H and O–H groups in total.